The first-order valence-corrected chi connectivity index (χ1v) is 3.34. The Balaban J connectivity index is 2.32. The maximum atomic E-state index is 4.90. The number of rotatable bonds is 0. The minimum Gasteiger partial charge on any atom is -0.555 e. The summed E-state index contributed by atoms with van der Waals surface area (Å²) in [6.07, 6.45) is 3.87. The maximum Gasteiger partial charge on any atom is 0.222 e. The summed E-state index contributed by atoms with van der Waals surface area (Å²) < 4.78 is 4.90. The minimum absolute atomic E-state index is 0.0679. The Bertz CT molecular complexity index is 44.9. The Morgan fingerprint density at radius 1 is 1.80 bits per heavy atom. The lowest BCUT2D eigenvalue weighted by molar-refractivity contribution is 0.531. The molecule has 2 heteroatoms. The summed E-state index contributed by atoms with van der Waals surface area (Å²) in [5, 5.41) is 0. The highest BCUT2D eigenvalue weighted by Crippen LogP contribution is 1.91. The fraction of sp³-hybridized carbons (Fsp3) is 0.333. The molecule has 1 aliphatic rings. The van der Waals surface area contributed by atoms with Crippen LogP contribution < -0.4 is 0 Å². The van der Waals surface area contributed by atoms with Gasteiger partial charge in [-0.15, -0.1) is 0 Å². The van der Waals surface area contributed by atoms with Crippen LogP contribution in [-0.2, 0) is 4.43 Å². The van der Waals surface area contributed by atoms with Gasteiger partial charge in [0.05, 0.1) is 6.26 Å². The maximum absolute atomic E-state index is 4.90. The molecule has 0 aromatic carbocycles. The van der Waals surface area contributed by atoms with Gasteiger partial charge >= 0.3 is 0 Å². The smallest absolute Gasteiger partial charge is 0.222 e. The molecular weight excluding hydrogens is 80.1 g/mol. The molecule has 1 heterocycles. The summed E-state index contributed by atoms with van der Waals surface area (Å²) in [4.78, 5) is 0. The Labute approximate surface area is 33.6 Å². The van der Waals surface area contributed by atoms with E-state index in [1.807, 2.05) is 0 Å². The molecule has 0 aliphatic carbocycles. The van der Waals surface area contributed by atoms with Crippen LogP contribution in [0.4, 0.5) is 0 Å². The van der Waals surface area contributed by atoms with E-state index in [-0.39, 0.29) is 9.76 Å². The second kappa shape index (κ2) is 1.26. The summed E-state index contributed by atoms with van der Waals surface area (Å²) in [6.45, 7) is 0. The van der Waals surface area contributed by atoms with Crippen molar-refractivity contribution in [1.82, 2.24) is 0 Å². The minimum atomic E-state index is -0.0679. The van der Waals surface area contributed by atoms with E-state index in [4.69, 9.17) is 4.43 Å². The molecule has 0 aromatic heterocycles. The predicted octanol–water partition coefficient (Wildman–Crippen LogP) is 0.0324. The average molecular weight is 86.2 g/mol. The van der Waals surface area contributed by atoms with E-state index < -0.39 is 0 Å². The highest BCUT2D eigenvalue weighted by molar-refractivity contribution is 6.29. The molecular formula is C3H6OSi. The topological polar surface area (TPSA) is 9.23 Å². The molecule has 28 valence electrons. The molecule has 0 saturated carbocycles. The predicted molar refractivity (Wildman–Crippen MR) is 23.6 cm³/mol. The zero-order valence-corrected chi connectivity index (χ0v) is 4.39. The van der Waals surface area contributed by atoms with Crippen molar-refractivity contribution in [2.75, 3.05) is 0 Å². The van der Waals surface area contributed by atoms with Gasteiger partial charge < -0.3 is 4.43 Å². The van der Waals surface area contributed by atoms with Crippen LogP contribution >= 0.6 is 0 Å². The SMILES string of the molecule is C1=CO[SiH2]C1. The summed E-state index contributed by atoms with van der Waals surface area (Å²) in [5.41, 5.74) is 0. The van der Waals surface area contributed by atoms with E-state index in [1.54, 1.807) is 6.26 Å². The van der Waals surface area contributed by atoms with Crippen molar-refractivity contribution in [3.8, 4) is 0 Å². The van der Waals surface area contributed by atoms with E-state index in [9.17, 15) is 0 Å². The third-order valence-corrected chi connectivity index (χ3v) is 1.59. The zero-order chi connectivity index (χ0) is 3.54. The second-order valence-corrected chi connectivity index (χ2v) is 2.35. The van der Waals surface area contributed by atoms with Crippen molar-refractivity contribution in [1.29, 1.82) is 0 Å². The van der Waals surface area contributed by atoms with Gasteiger partial charge in [0.25, 0.3) is 0 Å². The highest BCUT2D eigenvalue weighted by Gasteiger charge is 1.86. The van der Waals surface area contributed by atoms with E-state index in [0.717, 1.165) is 0 Å². The van der Waals surface area contributed by atoms with Crippen molar-refractivity contribution < 1.29 is 4.43 Å². The molecule has 0 atom stereocenters. The van der Waals surface area contributed by atoms with Crippen molar-refractivity contribution in [2.45, 2.75) is 6.04 Å². The molecule has 0 N–H and O–H groups in total. The number of allylic oxidation sites excluding steroid dienone is 1. The van der Waals surface area contributed by atoms with Gasteiger partial charge in [-0.1, -0.05) is 6.08 Å². The van der Waals surface area contributed by atoms with Crippen LogP contribution in [0.5, 0.6) is 0 Å². The number of hydrogen-bond donors (Lipinski definition) is 0. The highest BCUT2D eigenvalue weighted by atomic mass is 28.2. The van der Waals surface area contributed by atoms with Gasteiger partial charge in [0.2, 0.25) is 9.76 Å². The third kappa shape index (κ3) is 0.512. The van der Waals surface area contributed by atoms with Crippen LogP contribution in [0, 0.1) is 0 Å². The van der Waals surface area contributed by atoms with Crippen LogP contribution in [0.15, 0.2) is 12.3 Å². The molecule has 0 spiro atoms. The molecule has 0 amide bonds. The quantitative estimate of drug-likeness (QED) is 0.378. The molecule has 1 aliphatic heterocycles. The average Bonchev–Trinajstić information content (AvgIpc) is 1.76. The lowest BCUT2D eigenvalue weighted by atomic mass is 10.7. The van der Waals surface area contributed by atoms with Gasteiger partial charge in [-0.05, 0) is 6.04 Å². The lowest BCUT2D eigenvalue weighted by Crippen LogP contribution is -1.77. The first kappa shape index (κ1) is 2.97. The van der Waals surface area contributed by atoms with Gasteiger partial charge in [0.1, 0.15) is 0 Å². The van der Waals surface area contributed by atoms with Crippen molar-refractivity contribution in [3.63, 3.8) is 0 Å². The Morgan fingerprint density at radius 2 is 2.80 bits per heavy atom. The van der Waals surface area contributed by atoms with Gasteiger partial charge in [-0.25, -0.2) is 0 Å². The fourth-order valence-electron chi connectivity index (χ4n) is 0.340. The van der Waals surface area contributed by atoms with Crippen LogP contribution in [0.1, 0.15) is 0 Å². The Morgan fingerprint density at radius 3 is 3.00 bits per heavy atom. The molecule has 1 nitrogen and oxygen atoms in total. The molecule has 0 saturated heterocycles. The van der Waals surface area contributed by atoms with E-state index in [2.05, 4.69) is 6.08 Å². The van der Waals surface area contributed by atoms with Crippen LogP contribution in [0.25, 0.3) is 0 Å². The normalized spacial score (nSPS) is 24.0. The standard InChI is InChI=1S/C3H6OSi/c1-2-4-5-3-1/h1-2H,3,5H2. The molecule has 0 bridgehead atoms. The zero-order valence-electron chi connectivity index (χ0n) is 2.98. The van der Waals surface area contributed by atoms with Gasteiger partial charge in [-0.3, -0.25) is 0 Å². The third-order valence-electron chi connectivity index (χ3n) is 0.595. The molecule has 1 rings (SSSR count). The summed E-state index contributed by atoms with van der Waals surface area (Å²) in [5.74, 6) is 0. The molecule has 0 fully saturated rings. The molecule has 5 heavy (non-hydrogen) atoms. The van der Waals surface area contributed by atoms with Crippen molar-refractivity contribution in [2.24, 2.45) is 0 Å². The number of hydrogen-bond acceptors (Lipinski definition) is 1. The molecule has 0 unspecified atom stereocenters. The molecule has 0 aromatic rings. The van der Waals surface area contributed by atoms with Crippen molar-refractivity contribution in [3.05, 3.63) is 12.3 Å². The van der Waals surface area contributed by atoms with E-state index >= 15 is 0 Å². The van der Waals surface area contributed by atoms with Gasteiger partial charge in [0.15, 0.2) is 0 Å². The summed E-state index contributed by atoms with van der Waals surface area (Å²) in [6, 6.07) is 1.24. The van der Waals surface area contributed by atoms with Crippen LogP contribution in [0.2, 0.25) is 6.04 Å². The van der Waals surface area contributed by atoms with Gasteiger partial charge in [0, 0.05) is 0 Å². The first-order valence-electron chi connectivity index (χ1n) is 1.77. The van der Waals surface area contributed by atoms with Gasteiger partial charge in [-0.2, -0.15) is 0 Å². The summed E-state index contributed by atoms with van der Waals surface area (Å²) >= 11 is 0. The Hall–Kier alpha value is -0.243. The Kier molecular flexibility index (Phi) is 0.749. The van der Waals surface area contributed by atoms with Crippen LogP contribution in [0.3, 0.4) is 0 Å². The van der Waals surface area contributed by atoms with E-state index in [1.165, 1.54) is 6.04 Å². The van der Waals surface area contributed by atoms with E-state index in [0.29, 0.717) is 0 Å². The second-order valence-electron chi connectivity index (χ2n) is 1.03. The van der Waals surface area contributed by atoms with Crippen molar-refractivity contribution >= 4 is 9.76 Å². The fourth-order valence-corrected chi connectivity index (χ4v) is 1.02. The summed E-state index contributed by atoms with van der Waals surface area (Å²) in [7, 11) is -0.0679. The first-order chi connectivity index (χ1) is 2.50. The lowest BCUT2D eigenvalue weighted by Gasteiger charge is -1.79. The largest absolute Gasteiger partial charge is 0.555 e. The molecule has 0 radical (unpaired) electrons. The monoisotopic (exact) mass is 86.0 g/mol. The van der Waals surface area contributed by atoms with Crippen LogP contribution in [-0.4, -0.2) is 9.76 Å².